The fourth-order valence-electron chi connectivity index (χ4n) is 3.34. The van der Waals surface area contributed by atoms with Crippen molar-refractivity contribution in [1.82, 2.24) is 14.4 Å². The summed E-state index contributed by atoms with van der Waals surface area (Å²) in [4.78, 5) is 39.6. The van der Waals surface area contributed by atoms with Gasteiger partial charge in [-0.25, -0.2) is 4.79 Å². The van der Waals surface area contributed by atoms with E-state index in [0.717, 1.165) is 11.3 Å². The third-order valence-electron chi connectivity index (χ3n) is 4.99. The van der Waals surface area contributed by atoms with Crippen molar-refractivity contribution >= 4 is 17.6 Å². The Morgan fingerprint density at radius 3 is 2.36 bits per heavy atom. The lowest BCUT2D eigenvalue weighted by atomic mass is 9.96. The highest BCUT2D eigenvalue weighted by atomic mass is 16.2. The van der Waals surface area contributed by atoms with E-state index in [2.05, 4.69) is 5.32 Å². The van der Waals surface area contributed by atoms with Crippen LogP contribution < -0.4 is 10.9 Å². The minimum atomic E-state index is -0.0891. The zero-order valence-corrected chi connectivity index (χ0v) is 16.3. The van der Waals surface area contributed by atoms with Gasteiger partial charge in [0.1, 0.15) is 0 Å². The number of likely N-dealkylation sites (tertiary alicyclic amines) is 1. The average molecular weight is 382 g/mol. The van der Waals surface area contributed by atoms with Crippen molar-refractivity contribution in [3.05, 3.63) is 64.6 Å². The molecule has 2 heterocycles. The Bertz CT molecular complexity index is 881. The maximum Gasteiger partial charge on any atom is 0.319 e. The van der Waals surface area contributed by atoms with E-state index in [1.807, 2.05) is 30.3 Å². The molecule has 0 bridgehead atoms. The highest BCUT2D eigenvalue weighted by molar-refractivity contribution is 5.92. The summed E-state index contributed by atoms with van der Waals surface area (Å²) >= 11 is 0. The number of amides is 3. The fourth-order valence-corrected chi connectivity index (χ4v) is 3.34. The van der Waals surface area contributed by atoms with Crippen LogP contribution in [0.4, 0.5) is 10.5 Å². The highest BCUT2D eigenvalue weighted by Crippen LogP contribution is 2.20. The molecule has 2 aromatic rings. The van der Waals surface area contributed by atoms with Crippen LogP contribution in [0.3, 0.4) is 0 Å². The summed E-state index contributed by atoms with van der Waals surface area (Å²) in [5.74, 6) is -0.0993. The SMILES string of the molecule is CN(C)C(=O)N1CCC(C(=O)Nc2ccc(Cn3ccccc3=O)cc2)CC1. The molecule has 3 rings (SSSR count). The molecule has 148 valence electrons. The molecule has 7 heteroatoms. The molecule has 1 aromatic carbocycles. The first-order valence-corrected chi connectivity index (χ1v) is 9.45. The third-order valence-corrected chi connectivity index (χ3v) is 4.99. The number of nitrogens with zero attached hydrogens (tertiary/aromatic N) is 3. The zero-order valence-electron chi connectivity index (χ0n) is 16.3. The van der Waals surface area contributed by atoms with Crippen LogP contribution in [-0.2, 0) is 11.3 Å². The van der Waals surface area contributed by atoms with Crippen LogP contribution in [0.25, 0.3) is 0 Å². The van der Waals surface area contributed by atoms with Gasteiger partial charge >= 0.3 is 6.03 Å². The summed E-state index contributed by atoms with van der Waals surface area (Å²) in [5.41, 5.74) is 1.68. The molecule has 28 heavy (non-hydrogen) atoms. The van der Waals surface area contributed by atoms with Gasteiger partial charge in [-0.1, -0.05) is 18.2 Å². The van der Waals surface area contributed by atoms with Crippen LogP contribution in [0.15, 0.2) is 53.5 Å². The minimum absolute atomic E-state index is 0.00744. The topological polar surface area (TPSA) is 74.7 Å². The standard InChI is InChI=1S/C21H26N4O3/c1-23(2)21(28)24-13-10-17(11-14-24)20(27)22-18-8-6-16(7-9-18)15-25-12-4-3-5-19(25)26/h3-9,12,17H,10-11,13-15H2,1-2H3,(H,22,27). The van der Waals surface area contributed by atoms with Crippen LogP contribution in [0, 0.1) is 5.92 Å². The normalized spacial score (nSPS) is 14.6. The van der Waals surface area contributed by atoms with Gasteiger partial charge in [-0.05, 0) is 36.6 Å². The van der Waals surface area contributed by atoms with Crippen LogP contribution in [0.2, 0.25) is 0 Å². The number of benzene rings is 1. The molecule has 0 aliphatic carbocycles. The number of urea groups is 1. The van der Waals surface area contributed by atoms with E-state index in [0.29, 0.717) is 32.5 Å². The van der Waals surface area contributed by atoms with Crippen molar-refractivity contribution in [2.45, 2.75) is 19.4 Å². The van der Waals surface area contributed by atoms with Gasteiger partial charge in [-0.3, -0.25) is 9.59 Å². The van der Waals surface area contributed by atoms with Gasteiger partial charge in [0.25, 0.3) is 5.56 Å². The average Bonchev–Trinajstić information content (AvgIpc) is 2.70. The quantitative estimate of drug-likeness (QED) is 0.881. The van der Waals surface area contributed by atoms with Gasteiger partial charge in [0, 0.05) is 51.1 Å². The summed E-state index contributed by atoms with van der Waals surface area (Å²) in [6, 6.07) is 12.6. The van der Waals surface area contributed by atoms with Crippen molar-refractivity contribution in [1.29, 1.82) is 0 Å². The highest BCUT2D eigenvalue weighted by Gasteiger charge is 2.27. The maximum atomic E-state index is 12.5. The molecule has 1 saturated heterocycles. The van der Waals surface area contributed by atoms with Crippen LogP contribution in [-0.4, -0.2) is 53.5 Å². The predicted molar refractivity (Wildman–Crippen MR) is 108 cm³/mol. The molecular formula is C21H26N4O3. The van der Waals surface area contributed by atoms with E-state index in [1.165, 1.54) is 6.07 Å². The Balaban J connectivity index is 1.53. The molecule has 1 aromatic heterocycles. The Morgan fingerprint density at radius 1 is 1.07 bits per heavy atom. The van der Waals surface area contributed by atoms with Crippen molar-refractivity contribution in [3.63, 3.8) is 0 Å². The Hall–Kier alpha value is -3.09. The molecule has 0 unspecified atom stereocenters. The second kappa shape index (κ2) is 8.73. The Kier molecular flexibility index (Phi) is 6.13. The number of hydrogen-bond donors (Lipinski definition) is 1. The molecule has 7 nitrogen and oxygen atoms in total. The Morgan fingerprint density at radius 2 is 1.75 bits per heavy atom. The second-order valence-corrected chi connectivity index (χ2v) is 7.29. The van der Waals surface area contributed by atoms with E-state index >= 15 is 0 Å². The number of anilines is 1. The predicted octanol–water partition coefficient (Wildman–Crippen LogP) is 2.23. The molecule has 3 amide bonds. The summed E-state index contributed by atoms with van der Waals surface area (Å²) in [7, 11) is 3.47. The summed E-state index contributed by atoms with van der Waals surface area (Å²) in [6.07, 6.45) is 3.09. The lowest BCUT2D eigenvalue weighted by molar-refractivity contribution is -0.121. The van der Waals surface area contributed by atoms with Gasteiger partial charge in [0.05, 0.1) is 6.54 Å². The molecule has 1 aliphatic rings. The van der Waals surface area contributed by atoms with E-state index in [4.69, 9.17) is 0 Å². The van der Waals surface area contributed by atoms with Gasteiger partial charge in [0.15, 0.2) is 0 Å². The van der Waals surface area contributed by atoms with Gasteiger partial charge in [-0.15, -0.1) is 0 Å². The van der Waals surface area contributed by atoms with Crippen molar-refractivity contribution in [3.8, 4) is 0 Å². The molecule has 1 aliphatic heterocycles. The summed E-state index contributed by atoms with van der Waals surface area (Å²) in [6.45, 7) is 1.69. The molecule has 1 fully saturated rings. The van der Waals surface area contributed by atoms with Crippen LogP contribution in [0.1, 0.15) is 18.4 Å². The number of rotatable bonds is 4. The number of nitrogens with one attached hydrogen (secondary N) is 1. The lowest BCUT2D eigenvalue weighted by Crippen LogP contribution is -2.45. The Labute approximate surface area is 164 Å². The smallest absolute Gasteiger partial charge is 0.319 e. The van der Waals surface area contributed by atoms with Gasteiger partial charge < -0.3 is 19.7 Å². The van der Waals surface area contributed by atoms with Crippen LogP contribution >= 0.6 is 0 Å². The number of piperidine rings is 1. The van der Waals surface area contributed by atoms with E-state index in [1.54, 1.807) is 40.7 Å². The van der Waals surface area contributed by atoms with Crippen molar-refractivity contribution < 1.29 is 9.59 Å². The van der Waals surface area contributed by atoms with Crippen molar-refractivity contribution in [2.24, 2.45) is 5.92 Å². The lowest BCUT2D eigenvalue weighted by Gasteiger charge is -2.33. The molecule has 0 radical (unpaired) electrons. The molecule has 1 N–H and O–H groups in total. The maximum absolute atomic E-state index is 12.5. The first-order valence-electron chi connectivity index (χ1n) is 9.45. The molecule has 0 saturated carbocycles. The number of hydrogen-bond acceptors (Lipinski definition) is 3. The number of pyridine rings is 1. The zero-order chi connectivity index (χ0) is 20.1. The number of aromatic nitrogens is 1. The molecular weight excluding hydrogens is 356 g/mol. The van der Waals surface area contributed by atoms with Crippen molar-refractivity contribution in [2.75, 3.05) is 32.5 Å². The van der Waals surface area contributed by atoms with Gasteiger partial charge in [-0.2, -0.15) is 0 Å². The number of carbonyl (C=O) groups excluding carboxylic acids is 2. The summed E-state index contributed by atoms with van der Waals surface area (Å²) < 4.78 is 1.64. The van der Waals surface area contributed by atoms with E-state index < -0.39 is 0 Å². The molecule has 0 spiro atoms. The van der Waals surface area contributed by atoms with Gasteiger partial charge in [0.2, 0.25) is 5.91 Å². The van der Waals surface area contributed by atoms with E-state index in [9.17, 15) is 14.4 Å². The number of carbonyl (C=O) groups is 2. The largest absolute Gasteiger partial charge is 0.331 e. The first kappa shape index (κ1) is 19.7. The summed E-state index contributed by atoms with van der Waals surface area (Å²) in [5, 5.41) is 2.96. The van der Waals surface area contributed by atoms with E-state index in [-0.39, 0.29) is 23.4 Å². The second-order valence-electron chi connectivity index (χ2n) is 7.29. The molecule has 0 atom stereocenters. The first-order chi connectivity index (χ1) is 13.4. The van der Waals surface area contributed by atoms with Crippen LogP contribution in [0.5, 0.6) is 0 Å². The minimum Gasteiger partial charge on any atom is -0.331 e. The third kappa shape index (κ3) is 4.79. The monoisotopic (exact) mass is 382 g/mol. The fraction of sp³-hybridized carbons (Fsp3) is 0.381.